The molecule has 2 N–H and O–H groups in total. The van der Waals surface area contributed by atoms with Crippen molar-refractivity contribution in [2.75, 3.05) is 12.4 Å². The van der Waals surface area contributed by atoms with Crippen LogP contribution in [0.25, 0.3) is 0 Å². The molecule has 1 aliphatic heterocycles. The molecule has 0 aromatic heterocycles. The van der Waals surface area contributed by atoms with Gasteiger partial charge in [0, 0.05) is 12.1 Å². The quantitative estimate of drug-likeness (QED) is 0.804. The van der Waals surface area contributed by atoms with Gasteiger partial charge in [-0.2, -0.15) is 0 Å². The van der Waals surface area contributed by atoms with Gasteiger partial charge in [-0.3, -0.25) is 0 Å². The van der Waals surface area contributed by atoms with E-state index in [-0.39, 0.29) is 17.1 Å². The largest absolute Gasteiger partial charge is 0.376 e. The van der Waals surface area contributed by atoms with Gasteiger partial charge in [0.25, 0.3) is 0 Å². The molecule has 0 bridgehead atoms. The summed E-state index contributed by atoms with van der Waals surface area (Å²) in [5.74, 6) is 0.762. The first-order valence-electron chi connectivity index (χ1n) is 6.47. The minimum atomic E-state index is -2.99. The van der Waals surface area contributed by atoms with Crippen molar-refractivity contribution in [2.24, 2.45) is 11.7 Å². The second kappa shape index (κ2) is 4.52. The zero-order valence-corrected chi connectivity index (χ0v) is 11.5. The van der Waals surface area contributed by atoms with Crippen LogP contribution in [0.4, 0.5) is 0 Å². The highest BCUT2D eigenvalue weighted by atomic mass is 32.2. The van der Waals surface area contributed by atoms with Crippen molar-refractivity contribution in [2.45, 2.75) is 56.4 Å². The summed E-state index contributed by atoms with van der Waals surface area (Å²) < 4.78 is 29.3. The van der Waals surface area contributed by atoms with Gasteiger partial charge in [-0.05, 0) is 45.4 Å². The Labute approximate surface area is 104 Å². The van der Waals surface area contributed by atoms with Crippen molar-refractivity contribution < 1.29 is 13.2 Å². The Balaban J connectivity index is 1.97. The molecular weight excluding hydrogens is 238 g/mol. The zero-order valence-electron chi connectivity index (χ0n) is 10.7. The summed E-state index contributed by atoms with van der Waals surface area (Å²) in [5.41, 5.74) is 5.95. The maximum absolute atomic E-state index is 11.8. The van der Waals surface area contributed by atoms with Gasteiger partial charge in [0.15, 0.2) is 9.84 Å². The SMILES string of the molecule is CC(C)S(=O)(=O)CCC1(N)CCOC1C1CC1. The van der Waals surface area contributed by atoms with Crippen molar-refractivity contribution >= 4 is 9.84 Å². The van der Waals surface area contributed by atoms with Gasteiger partial charge >= 0.3 is 0 Å². The highest BCUT2D eigenvalue weighted by Gasteiger charge is 2.48. The predicted molar refractivity (Wildman–Crippen MR) is 67.5 cm³/mol. The summed E-state index contributed by atoms with van der Waals surface area (Å²) in [6.07, 6.45) is 3.78. The molecule has 17 heavy (non-hydrogen) atoms. The normalized spacial score (nSPS) is 34.5. The molecule has 2 atom stereocenters. The smallest absolute Gasteiger partial charge is 0.152 e. The highest BCUT2D eigenvalue weighted by molar-refractivity contribution is 7.91. The minimum absolute atomic E-state index is 0.0878. The van der Waals surface area contributed by atoms with E-state index < -0.39 is 15.4 Å². The van der Waals surface area contributed by atoms with Gasteiger partial charge in [0.1, 0.15) is 0 Å². The fraction of sp³-hybridized carbons (Fsp3) is 1.00. The Hall–Kier alpha value is -0.130. The topological polar surface area (TPSA) is 69.4 Å². The van der Waals surface area contributed by atoms with Crippen LogP contribution in [0.3, 0.4) is 0 Å². The van der Waals surface area contributed by atoms with Crippen molar-refractivity contribution in [3.8, 4) is 0 Å². The number of sulfone groups is 1. The molecule has 4 nitrogen and oxygen atoms in total. The lowest BCUT2D eigenvalue weighted by Crippen LogP contribution is -2.50. The lowest BCUT2D eigenvalue weighted by molar-refractivity contribution is 0.0618. The second-order valence-electron chi connectivity index (χ2n) is 5.78. The van der Waals surface area contributed by atoms with Gasteiger partial charge in [0.05, 0.1) is 17.1 Å². The first kappa shape index (κ1) is 13.3. The maximum atomic E-state index is 11.8. The third kappa shape index (κ3) is 2.83. The third-order valence-electron chi connectivity index (χ3n) is 4.05. The van der Waals surface area contributed by atoms with Crippen molar-refractivity contribution in [1.29, 1.82) is 0 Å². The molecule has 5 heteroatoms. The van der Waals surface area contributed by atoms with Crippen LogP contribution in [0, 0.1) is 5.92 Å². The standard InChI is InChI=1S/C12H23NO3S/c1-9(2)17(14,15)8-6-12(13)5-7-16-11(12)10-3-4-10/h9-11H,3-8,13H2,1-2H3. The Morgan fingerprint density at radius 2 is 2.06 bits per heavy atom. The molecule has 0 aromatic rings. The molecule has 1 aliphatic carbocycles. The van der Waals surface area contributed by atoms with E-state index in [2.05, 4.69) is 0 Å². The monoisotopic (exact) mass is 261 g/mol. The average Bonchev–Trinajstić information content (AvgIpc) is 3.00. The molecule has 2 fully saturated rings. The lowest BCUT2D eigenvalue weighted by atomic mass is 9.87. The van der Waals surface area contributed by atoms with E-state index in [9.17, 15) is 8.42 Å². The maximum Gasteiger partial charge on any atom is 0.152 e. The molecule has 2 aliphatic rings. The number of ether oxygens (including phenoxy) is 1. The summed E-state index contributed by atoms with van der Waals surface area (Å²) >= 11 is 0. The summed E-state index contributed by atoms with van der Waals surface area (Å²) in [5, 5.41) is -0.312. The van der Waals surface area contributed by atoms with Crippen molar-refractivity contribution in [1.82, 2.24) is 0 Å². The zero-order chi connectivity index (χ0) is 12.7. The van der Waals surface area contributed by atoms with Crippen LogP contribution in [0.2, 0.25) is 0 Å². The first-order chi connectivity index (χ1) is 7.85. The van der Waals surface area contributed by atoms with E-state index >= 15 is 0 Å². The van der Waals surface area contributed by atoms with Crippen LogP contribution in [0.15, 0.2) is 0 Å². The van der Waals surface area contributed by atoms with E-state index in [1.54, 1.807) is 13.8 Å². The van der Waals surface area contributed by atoms with E-state index in [0.29, 0.717) is 18.9 Å². The molecule has 0 spiro atoms. The Morgan fingerprint density at radius 1 is 1.41 bits per heavy atom. The Kier molecular flexibility index (Phi) is 3.54. The van der Waals surface area contributed by atoms with Gasteiger partial charge in [-0.1, -0.05) is 0 Å². The van der Waals surface area contributed by atoms with Crippen LogP contribution < -0.4 is 5.73 Å². The first-order valence-corrected chi connectivity index (χ1v) is 8.19. The highest BCUT2D eigenvalue weighted by Crippen LogP contribution is 2.43. The van der Waals surface area contributed by atoms with Crippen LogP contribution in [0.1, 0.15) is 39.5 Å². The molecule has 1 saturated carbocycles. The molecular formula is C12H23NO3S. The molecule has 0 amide bonds. The van der Waals surface area contributed by atoms with Gasteiger partial charge in [-0.25, -0.2) is 8.42 Å². The number of hydrogen-bond donors (Lipinski definition) is 1. The lowest BCUT2D eigenvalue weighted by Gasteiger charge is -2.30. The fourth-order valence-corrected chi connectivity index (χ4v) is 3.66. The Morgan fingerprint density at radius 3 is 2.59 bits per heavy atom. The number of rotatable bonds is 5. The van der Waals surface area contributed by atoms with E-state index in [4.69, 9.17) is 10.5 Å². The summed E-state index contributed by atoms with van der Waals surface area (Å²) in [6, 6.07) is 0. The van der Waals surface area contributed by atoms with Crippen molar-refractivity contribution in [3.05, 3.63) is 0 Å². The fourth-order valence-electron chi connectivity index (χ4n) is 2.52. The summed E-state index contributed by atoms with van der Waals surface area (Å²) in [7, 11) is -2.99. The molecule has 100 valence electrons. The van der Waals surface area contributed by atoms with Crippen LogP contribution >= 0.6 is 0 Å². The summed E-state index contributed by atoms with van der Waals surface area (Å²) in [6.45, 7) is 4.13. The van der Waals surface area contributed by atoms with Crippen LogP contribution in [-0.2, 0) is 14.6 Å². The van der Waals surface area contributed by atoms with Gasteiger partial charge < -0.3 is 10.5 Å². The third-order valence-corrected chi connectivity index (χ3v) is 6.26. The molecule has 0 aromatic carbocycles. The molecule has 1 saturated heterocycles. The van der Waals surface area contributed by atoms with Gasteiger partial charge in [0.2, 0.25) is 0 Å². The van der Waals surface area contributed by atoms with Gasteiger partial charge in [-0.15, -0.1) is 0 Å². The number of nitrogens with two attached hydrogens (primary N) is 1. The molecule has 2 unspecified atom stereocenters. The molecule has 1 heterocycles. The minimum Gasteiger partial charge on any atom is -0.376 e. The van der Waals surface area contributed by atoms with Crippen LogP contribution in [-0.4, -0.2) is 37.7 Å². The van der Waals surface area contributed by atoms with E-state index in [0.717, 1.165) is 6.42 Å². The van der Waals surface area contributed by atoms with Crippen molar-refractivity contribution in [3.63, 3.8) is 0 Å². The molecule has 2 rings (SSSR count). The molecule has 0 radical (unpaired) electrons. The number of hydrogen-bond acceptors (Lipinski definition) is 4. The van der Waals surface area contributed by atoms with Crippen LogP contribution in [0.5, 0.6) is 0 Å². The predicted octanol–water partition coefficient (Wildman–Crippen LogP) is 1.10. The van der Waals surface area contributed by atoms with E-state index in [1.807, 2.05) is 0 Å². The Bertz CT molecular complexity index is 375. The average molecular weight is 261 g/mol. The van der Waals surface area contributed by atoms with E-state index in [1.165, 1.54) is 12.8 Å². The second-order valence-corrected chi connectivity index (χ2v) is 8.45. The summed E-state index contributed by atoms with van der Waals surface area (Å²) in [4.78, 5) is 0.